The summed E-state index contributed by atoms with van der Waals surface area (Å²) in [6, 6.07) is 6.33. The van der Waals surface area contributed by atoms with E-state index in [0.717, 1.165) is 5.56 Å². The van der Waals surface area contributed by atoms with E-state index in [2.05, 4.69) is 0 Å². The summed E-state index contributed by atoms with van der Waals surface area (Å²) >= 11 is 0. The molecule has 0 unspecified atom stereocenters. The molecule has 1 nitrogen and oxygen atoms in total. The molecular formula is C13H18F2O. The maximum Gasteiger partial charge on any atom is 0.275 e. The average Bonchev–Trinajstić information content (AvgIpc) is 2.16. The Morgan fingerprint density at radius 2 is 1.44 bits per heavy atom. The van der Waals surface area contributed by atoms with Crippen LogP contribution in [-0.4, -0.2) is 11.7 Å². The van der Waals surface area contributed by atoms with Crippen LogP contribution in [0.1, 0.15) is 38.3 Å². The lowest BCUT2D eigenvalue weighted by atomic mass is 9.86. The second-order valence-corrected chi connectivity index (χ2v) is 5.01. The topological polar surface area (TPSA) is 20.2 Å². The largest absolute Gasteiger partial charge is 0.396 e. The molecule has 3 heteroatoms. The van der Waals surface area contributed by atoms with E-state index in [1.807, 2.05) is 20.8 Å². The van der Waals surface area contributed by atoms with Gasteiger partial charge in [-0.15, -0.1) is 0 Å². The highest BCUT2D eigenvalue weighted by Crippen LogP contribution is 2.32. The van der Waals surface area contributed by atoms with Gasteiger partial charge in [-0.2, -0.15) is 0 Å². The third-order valence-corrected chi connectivity index (χ3v) is 2.60. The summed E-state index contributed by atoms with van der Waals surface area (Å²) < 4.78 is 26.8. The average molecular weight is 228 g/mol. The van der Waals surface area contributed by atoms with E-state index in [-0.39, 0.29) is 11.0 Å². The molecule has 0 aliphatic rings. The van der Waals surface area contributed by atoms with Crippen molar-refractivity contribution in [2.24, 2.45) is 0 Å². The summed E-state index contributed by atoms with van der Waals surface area (Å²) in [6.07, 6.45) is -0.526. The predicted molar refractivity (Wildman–Crippen MR) is 60.7 cm³/mol. The molecule has 0 aliphatic carbocycles. The first kappa shape index (κ1) is 13.1. The zero-order chi connectivity index (χ0) is 12.4. The maximum atomic E-state index is 13.4. The van der Waals surface area contributed by atoms with Crippen molar-refractivity contribution >= 4 is 0 Å². The lowest BCUT2D eigenvalue weighted by Gasteiger charge is -2.21. The van der Waals surface area contributed by atoms with Gasteiger partial charge in [0.1, 0.15) is 0 Å². The van der Waals surface area contributed by atoms with E-state index in [1.54, 1.807) is 12.1 Å². The molecule has 0 fully saturated rings. The maximum absolute atomic E-state index is 13.4. The number of hydrogen-bond acceptors (Lipinski definition) is 1. The summed E-state index contributed by atoms with van der Waals surface area (Å²) in [7, 11) is 0. The van der Waals surface area contributed by atoms with Crippen LogP contribution in [0, 0.1) is 0 Å². The summed E-state index contributed by atoms with van der Waals surface area (Å²) in [5, 5.41) is 8.57. The van der Waals surface area contributed by atoms with Gasteiger partial charge in [0, 0.05) is 18.6 Å². The second kappa shape index (κ2) is 4.50. The highest BCUT2D eigenvalue weighted by molar-refractivity contribution is 5.29. The van der Waals surface area contributed by atoms with Gasteiger partial charge in [-0.25, -0.2) is 8.78 Å². The van der Waals surface area contributed by atoms with Crippen LogP contribution in [0.5, 0.6) is 0 Å². The first-order chi connectivity index (χ1) is 7.27. The number of halogens is 2. The van der Waals surface area contributed by atoms with Crippen LogP contribution in [0.3, 0.4) is 0 Å². The van der Waals surface area contributed by atoms with E-state index >= 15 is 0 Å². The van der Waals surface area contributed by atoms with Crippen LogP contribution < -0.4 is 0 Å². The molecule has 0 saturated carbocycles. The molecule has 0 amide bonds. The van der Waals surface area contributed by atoms with E-state index in [1.165, 1.54) is 12.1 Å². The number of benzene rings is 1. The molecule has 16 heavy (non-hydrogen) atoms. The molecule has 1 rings (SSSR count). The fraction of sp³-hybridized carbons (Fsp3) is 0.538. The molecule has 0 saturated heterocycles. The summed E-state index contributed by atoms with van der Waals surface area (Å²) in [6.45, 7) is 5.60. The molecule has 0 aromatic heterocycles. The van der Waals surface area contributed by atoms with Crippen LogP contribution in [0.25, 0.3) is 0 Å². The van der Waals surface area contributed by atoms with Crippen LogP contribution >= 0.6 is 0 Å². The monoisotopic (exact) mass is 228 g/mol. The van der Waals surface area contributed by atoms with Crippen molar-refractivity contribution in [2.75, 3.05) is 6.61 Å². The third kappa shape index (κ3) is 3.01. The first-order valence-corrected chi connectivity index (χ1v) is 5.37. The number of aliphatic hydroxyl groups excluding tert-OH is 1. The zero-order valence-corrected chi connectivity index (χ0v) is 9.93. The van der Waals surface area contributed by atoms with Crippen molar-refractivity contribution in [3.8, 4) is 0 Å². The fourth-order valence-electron chi connectivity index (χ4n) is 1.50. The van der Waals surface area contributed by atoms with E-state index in [4.69, 9.17) is 5.11 Å². The van der Waals surface area contributed by atoms with Gasteiger partial charge in [-0.3, -0.25) is 0 Å². The highest BCUT2D eigenvalue weighted by Gasteiger charge is 2.30. The molecule has 1 aromatic carbocycles. The standard InChI is InChI=1S/C13H18F2O/c1-12(2,3)10-4-6-11(7-5-10)13(14,15)8-9-16/h4-7,16H,8-9H2,1-3H3. The molecule has 0 bridgehead atoms. The first-order valence-electron chi connectivity index (χ1n) is 5.37. The van der Waals surface area contributed by atoms with Crippen LogP contribution in [0.2, 0.25) is 0 Å². The summed E-state index contributed by atoms with van der Waals surface area (Å²) in [4.78, 5) is 0. The quantitative estimate of drug-likeness (QED) is 0.840. The lowest BCUT2D eigenvalue weighted by molar-refractivity contribution is -0.0269. The molecule has 0 atom stereocenters. The highest BCUT2D eigenvalue weighted by atomic mass is 19.3. The second-order valence-electron chi connectivity index (χ2n) is 5.01. The molecule has 90 valence electrons. The Morgan fingerprint density at radius 1 is 1.00 bits per heavy atom. The molecule has 0 aliphatic heterocycles. The van der Waals surface area contributed by atoms with Crippen LogP contribution in [0.15, 0.2) is 24.3 Å². The Balaban J connectivity index is 2.95. The number of hydrogen-bond donors (Lipinski definition) is 1. The minimum atomic E-state index is -2.94. The van der Waals surface area contributed by atoms with Crippen molar-refractivity contribution in [3.63, 3.8) is 0 Å². The van der Waals surface area contributed by atoms with Gasteiger partial charge in [0.2, 0.25) is 0 Å². The Kier molecular flexibility index (Phi) is 3.68. The van der Waals surface area contributed by atoms with Crippen molar-refractivity contribution in [1.82, 2.24) is 0 Å². The Labute approximate surface area is 95.1 Å². The van der Waals surface area contributed by atoms with Crippen molar-refractivity contribution in [2.45, 2.75) is 38.5 Å². The number of alkyl halides is 2. The van der Waals surface area contributed by atoms with Gasteiger partial charge in [-0.1, -0.05) is 45.0 Å². The lowest BCUT2D eigenvalue weighted by Crippen LogP contribution is -2.16. The molecule has 0 spiro atoms. The van der Waals surface area contributed by atoms with Crippen LogP contribution in [-0.2, 0) is 11.3 Å². The Morgan fingerprint density at radius 3 is 1.81 bits per heavy atom. The Hall–Kier alpha value is -0.960. The molecule has 0 heterocycles. The van der Waals surface area contributed by atoms with Crippen LogP contribution in [0.4, 0.5) is 8.78 Å². The van der Waals surface area contributed by atoms with Gasteiger partial charge in [0.25, 0.3) is 5.92 Å². The third-order valence-electron chi connectivity index (χ3n) is 2.60. The normalized spacial score (nSPS) is 12.9. The Bertz CT molecular complexity index is 336. The van der Waals surface area contributed by atoms with Crippen molar-refractivity contribution < 1.29 is 13.9 Å². The van der Waals surface area contributed by atoms with Gasteiger partial charge >= 0.3 is 0 Å². The minimum Gasteiger partial charge on any atom is -0.396 e. The number of rotatable bonds is 3. The zero-order valence-electron chi connectivity index (χ0n) is 9.93. The van der Waals surface area contributed by atoms with Gasteiger partial charge in [-0.05, 0) is 11.0 Å². The number of aliphatic hydroxyl groups is 1. The summed E-state index contributed by atoms with van der Waals surface area (Å²) in [5.74, 6) is -2.94. The SMILES string of the molecule is CC(C)(C)c1ccc(C(F)(F)CCO)cc1. The van der Waals surface area contributed by atoms with Crippen molar-refractivity contribution in [1.29, 1.82) is 0 Å². The molecule has 0 radical (unpaired) electrons. The van der Waals surface area contributed by atoms with E-state index < -0.39 is 19.0 Å². The predicted octanol–water partition coefficient (Wildman–Crippen LogP) is 3.46. The van der Waals surface area contributed by atoms with Gasteiger partial charge in [0.05, 0.1) is 0 Å². The molecular weight excluding hydrogens is 210 g/mol. The molecule has 1 N–H and O–H groups in total. The molecule has 1 aromatic rings. The smallest absolute Gasteiger partial charge is 0.275 e. The van der Waals surface area contributed by atoms with Crippen molar-refractivity contribution in [3.05, 3.63) is 35.4 Å². The minimum absolute atomic E-state index is 0.0328. The van der Waals surface area contributed by atoms with E-state index in [0.29, 0.717) is 0 Å². The summed E-state index contributed by atoms with van der Waals surface area (Å²) in [5.41, 5.74) is 0.954. The van der Waals surface area contributed by atoms with Gasteiger partial charge < -0.3 is 5.11 Å². The van der Waals surface area contributed by atoms with Gasteiger partial charge in [0.15, 0.2) is 0 Å². The van der Waals surface area contributed by atoms with E-state index in [9.17, 15) is 8.78 Å². The fourth-order valence-corrected chi connectivity index (χ4v) is 1.50.